The minimum Gasteiger partial charge on any atom is -0.218 e. The van der Waals surface area contributed by atoms with Gasteiger partial charge in [0.2, 0.25) is 5.29 Å². The number of aliphatic imine (C=N–C) groups is 1. The molecule has 0 saturated carbocycles. The third kappa shape index (κ3) is 1.93. The van der Waals surface area contributed by atoms with Crippen molar-refractivity contribution >= 4 is 34.0 Å². The predicted molar refractivity (Wildman–Crippen MR) is 76.1 cm³/mol. The highest BCUT2D eigenvalue weighted by atomic mass is 35.5. The Morgan fingerprint density at radius 3 is 2.70 bits per heavy atom. The number of halogens is 3. The van der Waals surface area contributed by atoms with E-state index in [9.17, 15) is 8.78 Å². The largest absolute Gasteiger partial charge is 0.224 e. The summed E-state index contributed by atoms with van der Waals surface area (Å²) in [6.45, 7) is 3.91. The lowest BCUT2D eigenvalue weighted by Crippen LogP contribution is -2.29. The van der Waals surface area contributed by atoms with Crippen LogP contribution in [-0.2, 0) is 0 Å². The standard InChI is InChI=1S/C14H12ClF2N3/c1-3-8-4-7(2)19-20-13(8)9-5-10(16)11(17)6-12(9)18-14(20)15/h5-6H,3-4H2,1-2H3. The highest BCUT2D eigenvalue weighted by molar-refractivity contribution is 6.65. The van der Waals surface area contributed by atoms with Crippen LogP contribution in [-0.4, -0.2) is 16.0 Å². The Balaban J connectivity index is 2.29. The Kier molecular flexibility index (Phi) is 3.09. The van der Waals surface area contributed by atoms with Crippen molar-refractivity contribution in [1.82, 2.24) is 5.01 Å². The van der Waals surface area contributed by atoms with Gasteiger partial charge in [-0.2, -0.15) is 5.10 Å². The van der Waals surface area contributed by atoms with E-state index in [1.165, 1.54) is 5.01 Å². The molecule has 0 saturated heterocycles. The molecule has 0 atom stereocenters. The van der Waals surface area contributed by atoms with Gasteiger partial charge in [0.05, 0.1) is 11.4 Å². The zero-order chi connectivity index (χ0) is 14.4. The van der Waals surface area contributed by atoms with Crippen LogP contribution in [0, 0.1) is 11.6 Å². The van der Waals surface area contributed by atoms with Crippen molar-refractivity contribution in [3.05, 3.63) is 34.9 Å². The molecular weight excluding hydrogens is 284 g/mol. The van der Waals surface area contributed by atoms with Crippen molar-refractivity contribution in [2.45, 2.75) is 26.7 Å². The molecule has 0 bridgehead atoms. The fourth-order valence-corrected chi connectivity index (χ4v) is 2.71. The number of rotatable bonds is 1. The fraction of sp³-hybridized carbons (Fsp3) is 0.286. The summed E-state index contributed by atoms with van der Waals surface area (Å²) >= 11 is 6.12. The first kappa shape index (κ1) is 13.2. The van der Waals surface area contributed by atoms with Gasteiger partial charge in [0.25, 0.3) is 0 Å². The lowest BCUT2D eigenvalue weighted by atomic mass is 9.96. The van der Waals surface area contributed by atoms with Crippen LogP contribution in [0.4, 0.5) is 14.5 Å². The average Bonchev–Trinajstić information content (AvgIpc) is 2.40. The summed E-state index contributed by atoms with van der Waals surface area (Å²) in [5, 5.41) is 5.99. The van der Waals surface area contributed by atoms with Gasteiger partial charge < -0.3 is 0 Å². The third-order valence-corrected chi connectivity index (χ3v) is 3.64. The number of amidine groups is 1. The van der Waals surface area contributed by atoms with Gasteiger partial charge in [0.1, 0.15) is 0 Å². The minimum absolute atomic E-state index is 0.142. The highest BCUT2D eigenvalue weighted by Crippen LogP contribution is 2.41. The third-order valence-electron chi connectivity index (χ3n) is 3.39. The van der Waals surface area contributed by atoms with Crippen molar-refractivity contribution in [3.8, 4) is 0 Å². The van der Waals surface area contributed by atoms with Crippen molar-refractivity contribution in [2.24, 2.45) is 10.1 Å². The van der Waals surface area contributed by atoms with E-state index >= 15 is 0 Å². The second-order valence-electron chi connectivity index (χ2n) is 4.79. The van der Waals surface area contributed by atoms with E-state index < -0.39 is 11.6 Å². The SMILES string of the molecule is CCC1=C2c3cc(F)c(F)cc3N=C(Cl)N2N=C(C)C1. The number of fused-ring (bicyclic) bond motifs is 3. The summed E-state index contributed by atoms with van der Waals surface area (Å²) in [6.07, 6.45) is 1.48. The molecule has 2 aliphatic rings. The Labute approximate surface area is 120 Å². The summed E-state index contributed by atoms with van der Waals surface area (Å²) in [6, 6.07) is 2.22. The number of benzene rings is 1. The smallest absolute Gasteiger partial charge is 0.218 e. The van der Waals surface area contributed by atoms with Gasteiger partial charge in [0, 0.05) is 23.8 Å². The normalized spacial score (nSPS) is 17.6. The molecule has 3 nitrogen and oxygen atoms in total. The van der Waals surface area contributed by atoms with Gasteiger partial charge in [-0.25, -0.2) is 18.8 Å². The molecule has 20 heavy (non-hydrogen) atoms. The van der Waals surface area contributed by atoms with Crippen LogP contribution in [0.2, 0.25) is 0 Å². The molecule has 1 aromatic rings. The van der Waals surface area contributed by atoms with Gasteiger partial charge in [-0.1, -0.05) is 6.92 Å². The Hall–Kier alpha value is -1.75. The lowest BCUT2D eigenvalue weighted by Gasteiger charge is -2.32. The quantitative estimate of drug-likeness (QED) is 0.705. The maximum Gasteiger partial charge on any atom is 0.224 e. The number of hydrogen-bond acceptors (Lipinski definition) is 3. The van der Waals surface area contributed by atoms with Crippen LogP contribution in [0.15, 0.2) is 27.8 Å². The number of allylic oxidation sites excluding steroid dienone is 1. The summed E-state index contributed by atoms with van der Waals surface area (Å²) in [4.78, 5) is 4.10. The van der Waals surface area contributed by atoms with Crippen LogP contribution >= 0.6 is 11.6 Å². The lowest BCUT2D eigenvalue weighted by molar-refractivity contribution is 0.507. The molecule has 2 aliphatic heterocycles. The summed E-state index contributed by atoms with van der Waals surface area (Å²) in [5.41, 5.74) is 3.57. The van der Waals surface area contributed by atoms with Crippen molar-refractivity contribution in [1.29, 1.82) is 0 Å². The van der Waals surface area contributed by atoms with E-state index in [0.717, 1.165) is 29.8 Å². The summed E-state index contributed by atoms with van der Waals surface area (Å²) in [5.74, 6) is -1.83. The van der Waals surface area contributed by atoms with E-state index in [-0.39, 0.29) is 5.29 Å². The van der Waals surface area contributed by atoms with Crippen LogP contribution in [0.3, 0.4) is 0 Å². The van der Waals surface area contributed by atoms with Crippen LogP contribution in [0.5, 0.6) is 0 Å². The Morgan fingerprint density at radius 2 is 2.00 bits per heavy atom. The molecule has 0 N–H and O–H groups in total. The van der Waals surface area contributed by atoms with Crippen molar-refractivity contribution < 1.29 is 8.78 Å². The molecule has 6 heteroatoms. The average molecular weight is 296 g/mol. The van der Waals surface area contributed by atoms with Gasteiger partial charge >= 0.3 is 0 Å². The zero-order valence-electron chi connectivity index (χ0n) is 11.0. The molecule has 0 radical (unpaired) electrons. The first-order valence-electron chi connectivity index (χ1n) is 6.31. The molecule has 3 rings (SSSR count). The van der Waals surface area contributed by atoms with Crippen LogP contribution in [0.25, 0.3) is 5.70 Å². The van der Waals surface area contributed by atoms with E-state index in [4.69, 9.17) is 11.6 Å². The summed E-state index contributed by atoms with van der Waals surface area (Å²) < 4.78 is 26.9. The van der Waals surface area contributed by atoms with E-state index in [2.05, 4.69) is 10.1 Å². The molecule has 0 unspecified atom stereocenters. The maximum absolute atomic E-state index is 13.5. The second kappa shape index (κ2) is 4.66. The zero-order valence-corrected chi connectivity index (χ0v) is 11.8. The molecule has 1 aromatic carbocycles. The van der Waals surface area contributed by atoms with Crippen molar-refractivity contribution in [2.75, 3.05) is 0 Å². The first-order chi connectivity index (χ1) is 9.51. The van der Waals surface area contributed by atoms with E-state index in [1.807, 2.05) is 13.8 Å². The van der Waals surface area contributed by atoms with E-state index in [0.29, 0.717) is 23.4 Å². The molecule has 0 aromatic heterocycles. The van der Waals surface area contributed by atoms with Gasteiger partial charge in [-0.05, 0) is 36.6 Å². The number of hydrogen-bond donors (Lipinski definition) is 0. The van der Waals surface area contributed by atoms with Gasteiger partial charge in [-0.3, -0.25) is 0 Å². The van der Waals surface area contributed by atoms with Crippen LogP contribution < -0.4 is 0 Å². The molecule has 0 fully saturated rings. The predicted octanol–water partition coefficient (Wildman–Crippen LogP) is 4.41. The maximum atomic E-state index is 13.5. The molecular formula is C14H12ClF2N3. The number of hydrazone groups is 1. The Morgan fingerprint density at radius 1 is 1.30 bits per heavy atom. The second-order valence-corrected chi connectivity index (χ2v) is 5.13. The molecule has 0 aliphatic carbocycles. The highest BCUT2D eigenvalue weighted by Gasteiger charge is 2.30. The molecule has 104 valence electrons. The minimum atomic E-state index is -0.931. The molecule has 0 amide bonds. The molecule has 0 spiro atoms. The van der Waals surface area contributed by atoms with Crippen LogP contribution in [0.1, 0.15) is 32.3 Å². The van der Waals surface area contributed by atoms with E-state index in [1.54, 1.807) is 0 Å². The Bertz CT molecular complexity index is 692. The van der Waals surface area contributed by atoms with Crippen molar-refractivity contribution in [3.63, 3.8) is 0 Å². The molecule has 2 heterocycles. The summed E-state index contributed by atoms with van der Waals surface area (Å²) in [7, 11) is 0. The fourth-order valence-electron chi connectivity index (χ4n) is 2.49. The number of nitrogens with zero attached hydrogens (tertiary/aromatic N) is 3. The monoisotopic (exact) mass is 295 g/mol. The topological polar surface area (TPSA) is 28.0 Å². The van der Waals surface area contributed by atoms with Gasteiger partial charge in [-0.15, -0.1) is 0 Å². The first-order valence-corrected chi connectivity index (χ1v) is 6.69. The van der Waals surface area contributed by atoms with Gasteiger partial charge in [0.15, 0.2) is 11.6 Å².